The molecule has 18 atom stereocenters. The lowest BCUT2D eigenvalue weighted by Gasteiger charge is -2.50. The first-order valence-corrected chi connectivity index (χ1v) is 22.6. The summed E-state index contributed by atoms with van der Waals surface area (Å²) in [6, 6.07) is 4.66. The van der Waals surface area contributed by atoms with Gasteiger partial charge in [-0.2, -0.15) is 0 Å². The Morgan fingerprint density at radius 2 is 1.52 bits per heavy atom. The third kappa shape index (κ3) is 12.6. The van der Waals surface area contributed by atoms with E-state index in [1.54, 1.807) is 41.5 Å². The molecule has 4 N–H and O–H groups in total. The fraction of sp³-hybridized carbons (Fsp3) is 0.804. The smallest absolute Gasteiger partial charge is 0.311 e. The zero-order valence-corrected chi connectivity index (χ0v) is 40.5. The van der Waals surface area contributed by atoms with E-state index in [1.165, 1.54) is 52.3 Å². The summed E-state index contributed by atoms with van der Waals surface area (Å²) in [5, 5.41) is 49.0. The highest BCUT2D eigenvalue weighted by Crippen LogP contribution is 2.41. The van der Waals surface area contributed by atoms with Gasteiger partial charge in [-0.3, -0.25) is 24.5 Å². The van der Waals surface area contributed by atoms with Gasteiger partial charge in [0.25, 0.3) is 5.69 Å². The number of aliphatic hydroxyl groups excluding tert-OH is 2. The zero-order chi connectivity index (χ0) is 48.9. The summed E-state index contributed by atoms with van der Waals surface area (Å²) in [5.41, 5.74) is -4.13. The lowest BCUT2D eigenvalue weighted by molar-refractivity contribution is -0.384. The summed E-state index contributed by atoms with van der Waals surface area (Å²) in [4.78, 5) is 54.0. The molecule has 0 saturated carbocycles. The number of ether oxygens (including phenoxy) is 8. The molecule has 1 aromatic carbocycles. The molecular weight excluding hydrogens is 851 g/mol. The Hall–Kier alpha value is -3.37. The van der Waals surface area contributed by atoms with Crippen LogP contribution in [-0.4, -0.2) is 162 Å². The summed E-state index contributed by atoms with van der Waals surface area (Å²) in [5.74, 6) is -5.00. The van der Waals surface area contributed by atoms with Gasteiger partial charge in [0.15, 0.2) is 18.7 Å². The molecule has 370 valence electrons. The van der Waals surface area contributed by atoms with E-state index in [9.17, 15) is 39.8 Å². The normalized spacial score (nSPS) is 41.4. The Morgan fingerprint density at radius 1 is 0.923 bits per heavy atom. The summed E-state index contributed by atoms with van der Waals surface area (Å²) in [6.07, 6.45) is -9.88. The first kappa shape index (κ1) is 54.2. The Balaban J connectivity index is 1.78. The lowest BCUT2D eigenvalue weighted by Crippen LogP contribution is -2.61. The second-order valence-electron chi connectivity index (χ2n) is 19.3. The fourth-order valence-electron chi connectivity index (χ4n) is 9.74. The number of nitro benzene ring substituents is 1. The van der Waals surface area contributed by atoms with Crippen LogP contribution in [0.15, 0.2) is 24.3 Å². The summed E-state index contributed by atoms with van der Waals surface area (Å²) in [7, 11) is 6.69. The number of non-ortho nitro benzene ring substituents is 1. The van der Waals surface area contributed by atoms with Crippen LogP contribution >= 0.6 is 0 Å². The molecule has 0 aliphatic carbocycles. The summed E-state index contributed by atoms with van der Waals surface area (Å²) < 4.78 is 50.9. The van der Waals surface area contributed by atoms with Gasteiger partial charge >= 0.3 is 11.9 Å². The Kier molecular flexibility index (Phi) is 18.5. The van der Waals surface area contributed by atoms with Gasteiger partial charge in [0, 0.05) is 50.8 Å². The molecule has 19 nitrogen and oxygen atoms in total. The number of carbonyl (C=O) groups excluding carboxylic acids is 3. The van der Waals surface area contributed by atoms with E-state index in [1.807, 2.05) is 32.8 Å². The minimum Gasteiger partial charge on any atom is -0.459 e. The number of cyclic esters (lactones) is 1. The van der Waals surface area contributed by atoms with Gasteiger partial charge in [-0.15, -0.1) is 0 Å². The van der Waals surface area contributed by atoms with Crippen LogP contribution in [0.25, 0.3) is 0 Å². The minimum atomic E-state index is -2.06. The van der Waals surface area contributed by atoms with E-state index in [0.29, 0.717) is 12.0 Å². The van der Waals surface area contributed by atoms with Crippen molar-refractivity contribution >= 4 is 23.5 Å². The van der Waals surface area contributed by atoms with E-state index in [2.05, 4.69) is 5.32 Å². The molecule has 0 unspecified atom stereocenters. The van der Waals surface area contributed by atoms with Gasteiger partial charge in [0.2, 0.25) is 5.91 Å². The predicted octanol–water partition coefficient (Wildman–Crippen LogP) is 3.44. The maximum Gasteiger partial charge on any atom is 0.311 e. The van der Waals surface area contributed by atoms with Crippen molar-refractivity contribution in [1.82, 2.24) is 10.2 Å². The standard InChI is InChI=1S/C46H75N3O16/c1-15-33-46(10,55)38(52)28(6)41(53)47-24(2)22-44(8,58-13)39(65-43-36(51)32(48(11)12)20-25(3)60-43)26(4)37(27(5)42(54)62-33)64-35-23-45(9,59-14)40(29(7)61-35)63-34(50)21-30-16-18-31(19-17-30)49(56)57/h16-19,24-29,32-33,35-40,43,51-52,55H,15,20-23H2,1-14H3,(H,47,53)/t24-,25-,26+,27-,28-,29+,32+,33-,35+,36-,37+,38-,39-,40+,43+,44-,45-,46-/m1/s1. The molecule has 1 aromatic rings. The molecule has 3 saturated heterocycles. The first-order valence-electron chi connectivity index (χ1n) is 22.6. The Morgan fingerprint density at radius 3 is 2.08 bits per heavy atom. The highest BCUT2D eigenvalue weighted by Gasteiger charge is 2.54. The van der Waals surface area contributed by atoms with Crippen molar-refractivity contribution in [3.63, 3.8) is 0 Å². The Labute approximate surface area is 383 Å². The molecule has 3 aliphatic heterocycles. The van der Waals surface area contributed by atoms with Crippen molar-refractivity contribution in [2.75, 3.05) is 28.3 Å². The third-order valence-electron chi connectivity index (χ3n) is 13.8. The highest BCUT2D eigenvalue weighted by molar-refractivity contribution is 5.79. The van der Waals surface area contributed by atoms with Crippen molar-refractivity contribution in [3.8, 4) is 0 Å². The molecule has 0 radical (unpaired) electrons. The van der Waals surface area contributed by atoms with E-state index in [-0.39, 0.29) is 43.5 Å². The van der Waals surface area contributed by atoms with Crippen molar-refractivity contribution in [3.05, 3.63) is 39.9 Å². The summed E-state index contributed by atoms with van der Waals surface area (Å²) in [6.45, 7) is 16.8. The number of hydrogen-bond donors (Lipinski definition) is 4. The van der Waals surface area contributed by atoms with Crippen LogP contribution in [0.5, 0.6) is 0 Å². The second kappa shape index (κ2) is 22.2. The van der Waals surface area contributed by atoms with Crippen LogP contribution in [0.3, 0.4) is 0 Å². The molecule has 1 amide bonds. The van der Waals surface area contributed by atoms with E-state index >= 15 is 0 Å². The number of hydrogen-bond acceptors (Lipinski definition) is 17. The van der Waals surface area contributed by atoms with Crippen molar-refractivity contribution in [2.24, 2.45) is 17.8 Å². The predicted molar refractivity (Wildman–Crippen MR) is 235 cm³/mol. The number of aliphatic hydroxyl groups is 3. The second-order valence-corrected chi connectivity index (χ2v) is 19.3. The molecule has 3 heterocycles. The molecule has 0 bridgehead atoms. The number of carbonyl (C=O) groups is 3. The van der Waals surface area contributed by atoms with Crippen molar-refractivity contribution < 1.29 is 72.5 Å². The van der Waals surface area contributed by atoms with Gasteiger partial charge < -0.3 is 63.4 Å². The van der Waals surface area contributed by atoms with E-state index in [4.69, 9.17) is 37.9 Å². The lowest BCUT2D eigenvalue weighted by atomic mass is 9.78. The molecule has 4 rings (SSSR count). The average molecular weight is 926 g/mol. The number of esters is 2. The summed E-state index contributed by atoms with van der Waals surface area (Å²) >= 11 is 0. The Bertz CT molecular complexity index is 1770. The molecule has 3 aliphatic rings. The van der Waals surface area contributed by atoms with E-state index < -0.39 is 119 Å². The number of nitrogens with zero attached hydrogens (tertiary/aromatic N) is 2. The maximum atomic E-state index is 14.5. The van der Waals surface area contributed by atoms with Crippen LogP contribution in [0.1, 0.15) is 100 Å². The van der Waals surface area contributed by atoms with Gasteiger partial charge in [0.05, 0.1) is 59.3 Å². The van der Waals surface area contributed by atoms with Gasteiger partial charge in [0.1, 0.15) is 23.4 Å². The molecular formula is C46H75N3O16. The number of amides is 1. The highest BCUT2D eigenvalue weighted by atomic mass is 16.7. The molecule has 0 aromatic heterocycles. The number of nitro groups is 1. The topological polar surface area (TPSA) is 244 Å². The number of nitrogens with one attached hydrogen (secondary N) is 1. The zero-order valence-electron chi connectivity index (χ0n) is 40.5. The van der Waals surface area contributed by atoms with Gasteiger partial charge in [-0.1, -0.05) is 32.9 Å². The minimum absolute atomic E-state index is 0.00724. The van der Waals surface area contributed by atoms with Crippen LogP contribution in [0.2, 0.25) is 0 Å². The number of methoxy groups -OCH3 is 2. The molecule has 3 fully saturated rings. The van der Waals surface area contributed by atoms with Crippen LogP contribution in [0.4, 0.5) is 5.69 Å². The van der Waals surface area contributed by atoms with E-state index in [0.717, 1.165) is 0 Å². The largest absolute Gasteiger partial charge is 0.459 e. The van der Waals surface area contributed by atoms with Gasteiger partial charge in [-0.05, 0) is 87.4 Å². The molecule has 65 heavy (non-hydrogen) atoms. The average Bonchev–Trinajstić information content (AvgIpc) is 3.24. The first-order chi connectivity index (χ1) is 30.2. The number of likely N-dealkylation sites (N-methyl/N-ethyl adjacent to an activating group) is 1. The number of rotatable bonds is 12. The van der Waals surface area contributed by atoms with Crippen LogP contribution in [-0.2, 0) is 58.7 Å². The molecule has 19 heteroatoms. The van der Waals surface area contributed by atoms with Crippen LogP contribution < -0.4 is 5.32 Å². The van der Waals surface area contributed by atoms with Crippen molar-refractivity contribution in [2.45, 2.75) is 192 Å². The quantitative estimate of drug-likeness (QED) is 0.133. The number of benzene rings is 1. The fourth-order valence-corrected chi connectivity index (χ4v) is 9.74. The van der Waals surface area contributed by atoms with Crippen LogP contribution in [0, 0.1) is 27.9 Å². The van der Waals surface area contributed by atoms with Gasteiger partial charge in [-0.25, -0.2) is 0 Å². The third-order valence-corrected chi connectivity index (χ3v) is 13.8. The maximum absolute atomic E-state index is 14.5. The SMILES string of the molecule is CC[C@H]1OC(=O)[C@H](C)[C@@H](O[C@H]2C[C@@](C)(OC)[C@@H](OC(=O)Cc3ccc([N+](=O)[O-])cc3)[C@H](C)O2)[C@H](C)[C@@H](O[C@@H]2O[C@H](C)C[C@H](N(C)C)[C@H]2O)[C@](C)(OC)C[C@@H](C)NC(=O)[C@H](C)[C@@H](O)[C@]1(C)O. The monoisotopic (exact) mass is 926 g/mol. The van der Waals surface area contributed by atoms with Crippen molar-refractivity contribution in [1.29, 1.82) is 0 Å². The molecule has 0 spiro atoms.